The molecule has 124 valence electrons. The number of aliphatic hydroxyl groups excluding tert-OH is 2. The fourth-order valence-electron chi connectivity index (χ4n) is 1.95. The molecule has 0 aliphatic carbocycles. The van der Waals surface area contributed by atoms with Gasteiger partial charge in [-0.25, -0.2) is 0 Å². The summed E-state index contributed by atoms with van der Waals surface area (Å²) in [6.45, 7) is 6.26. The number of hydrogen-bond acceptors (Lipinski definition) is 5. The van der Waals surface area contributed by atoms with Gasteiger partial charge in [0.25, 0.3) is 0 Å². The lowest BCUT2D eigenvalue weighted by molar-refractivity contribution is -0.160. The molecule has 0 aliphatic rings. The van der Waals surface area contributed by atoms with Crippen molar-refractivity contribution in [3.63, 3.8) is 0 Å². The standard InChI is InChI=1S/C15H29NO5/c1-11(12(19)16(5)6)7-14(2,3)13(20)21-10-15(4,8-17)9-18/h11,17-18H,7-10H2,1-6H3. The van der Waals surface area contributed by atoms with Crippen LogP contribution in [0.15, 0.2) is 0 Å². The monoisotopic (exact) mass is 303 g/mol. The molecule has 1 amide bonds. The Balaban J connectivity index is 4.63. The van der Waals surface area contributed by atoms with E-state index in [2.05, 4.69) is 0 Å². The fraction of sp³-hybridized carbons (Fsp3) is 0.867. The van der Waals surface area contributed by atoms with Gasteiger partial charge in [0.1, 0.15) is 6.61 Å². The smallest absolute Gasteiger partial charge is 0.311 e. The normalized spacial score (nSPS) is 13.7. The zero-order valence-corrected chi connectivity index (χ0v) is 14.0. The summed E-state index contributed by atoms with van der Waals surface area (Å²) in [5.74, 6) is -0.759. The molecular weight excluding hydrogens is 274 g/mol. The third kappa shape index (κ3) is 6.01. The minimum absolute atomic E-state index is 0.0357. The third-order valence-electron chi connectivity index (χ3n) is 3.55. The molecular formula is C15H29NO5. The highest BCUT2D eigenvalue weighted by atomic mass is 16.5. The molecule has 0 aromatic rings. The molecule has 0 radical (unpaired) electrons. The molecule has 0 aromatic heterocycles. The Morgan fingerprint density at radius 1 is 1.14 bits per heavy atom. The van der Waals surface area contributed by atoms with E-state index in [0.717, 1.165) is 0 Å². The topological polar surface area (TPSA) is 87.1 Å². The van der Waals surface area contributed by atoms with E-state index < -0.39 is 16.8 Å². The fourth-order valence-corrected chi connectivity index (χ4v) is 1.95. The van der Waals surface area contributed by atoms with E-state index in [0.29, 0.717) is 6.42 Å². The molecule has 1 atom stereocenters. The SMILES string of the molecule is CC(CC(C)(C)C(=O)OCC(C)(CO)CO)C(=O)N(C)C. The average molecular weight is 303 g/mol. The Labute approximate surface area is 127 Å². The van der Waals surface area contributed by atoms with Crippen LogP contribution in [-0.2, 0) is 14.3 Å². The first-order valence-electron chi connectivity index (χ1n) is 7.09. The number of carbonyl (C=O) groups is 2. The maximum Gasteiger partial charge on any atom is 0.311 e. The predicted molar refractivity (Wildman–Crippen MR) is 79.5 cm³/mol. The molecule has 0 saturated heterocycles. The summed E-state index contributed by atoms with van der Waals surface area (Å²) in [6, 6.07) is 0. The van der Waals surface area contributed by atoms with Crippen LogP contribution < -0.4 is 0 Å². The number of carbonyl (C=O) groups excluding carboxylic acids is 2. The molecule has 6 nitrogen and oxygen atoms in total. The van der Waals surface area contributed by atoms with Crippen molar-refractivity contribution >= 4 is 11.9 Å². The number of rotatable bonds is 8. The van der Waals surface area contributed by atoms with Gasteiger partial charge in [0.05, 0.1) is 18.6 Å². The molecule has 0 heterocycles. The first kappa shape index (κ1) is 19.9. The number of esters is 1. The largest absolute Gasteiger partial charge is 0.465 e. The van der Waals surface area contributed by atoms with Gasteiger partial charge in [-0.1, -0.05) is 13.8 Å². The second-order valence-electron chi connectivity index (χ2n) is 6.92. The molecule has 0 fully saturated rings. The number of ether oxygens (including phenoxy) is 1. The van der Waals surface area contributed by atoms with Crippen molar-refractivity contribution in [2.75, 3.05) is 33.9 Å². The van der Waals surface area contributed by atoms with Crippen LogP contribution in [0.1, 0.15) is 34.1 Å². The zero-order valence-electron chi connectivity index (χ0n) is 14.0. The maximum atomic E-state index is 12.2. The van der Waals surface area contributed by atoms with E-state index in [4.69, 9.17) is 4.74 Å². The van der Waals surface area contributed by atoms with Crippen LogP contribution in [0.3, 0.4) is 0 Å². The highest BCUT2D eigenvalue weighted by molar-refractivity contribution is 5.80. The van der Waals surface area contributed by atoms with Crippen LogP contribution in [0.5, 0.6) is 0 Å². The zero-order chi connectivity index (χ0) is 16.8. The minimum atomic E-state index is -0.850. The van der Waals surface area contributed by atoms with Crippen LogP contribution in [0.4, 0.5) is 0 Å². The molecule has 2 N–H and O–H groups in total. The van der Waals surface area contributed by atoms with E-state index in [9.17, 15) is 19.8 Å². The minimum Gasteiger partial charge on any atom is -0.465 e. The number of aliphatic hydroxyl groups is 2. The van der Waals surface area contributed by atoms with E-state index >= 15 is 0 Å². The van der Waals surface area contributed by atoms with Gasteiger partial charge >= 0.3 is 5.97 Å². The molecule has 0 spiro atoms. The van der Waals surface area contributed by atoms with Crippen LogP contribution in [0.2, 0.25) is 0 Å². The van der Waals surface area contributed by atoms with Gasteiger partial charge in [0.15, 0.2) is 0 Å². The van der Waals surface area contributed by atoms with Crippen molar-refractivity contribution in [1.29, 1.82) is 0 Å². The molecule has 6 heteroatoms. The van der Waals surface area contributed by atoms with Gasteiger partial charge in [-0.15, -0.1) is 0 Å². The highest BCUT2D eigenvalue weighted by Crippen LogP contribution is 2.29. The summed E-state index contributed by atoms with van der Waals surface area (Å²) in [4.78, 5) is 25.5. The quantitative estimate of drug-likeness (QED) is 0.643. The molecule has 0 aromatic carbocycles. The van der Waals surface area contributed by atoms with E-state index in [-0.39, 0.29) is 31.6 Å². The Bertz CT molecular complexity index is 361. The number of amides is 1. The Hall–Kier alpha value is -1.14. The van der Waals surface area contributed by atoms with Gasteiger partial charge in [-0.3, -0.25) is 9.59 Å². The first-order valence-corrected chi connectivity index (χ1v) is 7.09. The van der Waals surface area contributed by atoms with Gasteiger partial charge in [0.2, 0.25) is 5.91 Å². The summed E-state index contributed by atoms with van der Waals surface area (Å²) in [7, 11) is 3.36. The Kier molecular flexibility index (Phi) is 7.33. The Morgan fingerprint density at radius 2 is 1.62 bits per heavy atom. The van der Waals surface area contributed by atoms with Gasteiger partial charge in [-0.05, 0) is 20.3 Å². The van der Waals surface area contributed by atoms with E-state index in [1.165, 1.54) is 4.90 Å². The third-order valence-corrected chi connectivity index (χ3v) is 3.55. The van der Waals surface area contributed by atoms with E-state index in [1.54, 1.807) is 41.8 Å². The molecule has 21 heavy (non-hydrogen) atoms. The summed E-state index contributed by atoms with van der Waals surface area (Å²) in [5.41, 5.74) is -1.66. The Morgan fingerprint density at radius 3 is 2.00 bits per heavy atom. The second kappa shape index (κ2) is 7.75. The number of hydrogen-bond donors (Lipinski definition) is 2. The van der Waals surface area contributed by atoms with Crippen LogP contribution in [0, 0.1) is 16.7 Å². The summed E-state index contributed by atoms with van der Waals surface area (Å²) >= 11 is 0. The van der Waals surface area contributed by atoms with Crippen LogP contribution >= 0.6 is 0 Å². The van der Waals surface area contributed by atoms with Gasteiger partial charge < -0.3 is 19.8 Å². The molecule has 0 rings (SSSR count). The van der Waals surface area contributed by atoms with Crippen molar-refractivity contribution < 1.29 is 24.5 Å². The molecule has 0 bridgehead atoms. The molecule has 0 aliphatic heterocycles. The van der Waals surface area contributed by atoms with Crippen molar-refractivity contribution in [2.24, 2.45) is 16.7 Å². The van der Waals surface area contributed by atoms with Crippen molar-refractivity contribution in [2.45, 2.75) is 34.1 Å². The lowest BCUT2D eigenvalue weighted by atomic mass is 9.83. The lowest BCUT2D eigenvalue weighted by Crippen LogP contribution is -2.38. The average Bonchev–Trinajstić information content (AvgIpc) is 2.42. The maximum absolute atomic E-state index is 12.2. The summed E-state index contributed by atoms with van der Waals surface area (Å²) in [6.07, 6.45) is 0.373. The number of nitrogens with zero attached hydrogens (tertiary/aromatic N) is 1. The summed E-state index contributed by atoms with van der Waals surface area (Å²) in [5, 5.41) is 18.4. The van der Waals surface area contributed by atoms with Crippen molar-refractivity contribution in [3.8, 4) is 0 Å². The van der Waals surface area contributed by atoms with Gasteiger partial charge in [-0.2, -0.15) is 0 Å². The van der Waals surface area contributed by atoms with Crippen LogP contribution in [-0.4, -0.2) is 60.9 Å². The predicted octanol–water partition coefficient (Wildman–Crippen LogP) is 0.661. The van der Waals surface area contributed by atoms with Gasteiger partial charge in [0, 0.05) is 25.4 Å². The molecule has 0 saturated carbocycles. The van der Waals surface area contributed by atoms with Crippen LogP contribution in [0.25, 0.3) is 0 Å². The summed E-state index contributed by atoms with van der Waals surface area (Å²) < 4.78 is 5.21. The van der Waals surface area contributed by atoms with Crippen molar-refractivity contribution in [1.82, 2.24) is 4.90 Å². The molecule has 1 unspecified atom stereocenters. The highest BCUT2D eigenvalue weighted by Gasteiger charge is 2.35. The lowest BCUT2D eigenvalue weighted by Gasteiger charge is -2.30. The first-order chi connectivity index (χ1) is 9.49. The van der Waals surface area contributed by atoms with E-state index in [1.807, 2.05) is 0 Å². The van der Waals surface area contributed by atoms with Crippen molar-refractivity contribution in [3.05, 3.63) is 0 Å². The second-order valence-corrected chi connectivity index (χ2v) is 6.92.